The van der Waals surface area contributed by atoms with Crippen molar-refractivity contribution in [1.82, 2.24) is 0 Å². The third kappa shape index (κ3) is 2.01. The number of rotatable bonds is 2. The van der Waals surface area contributed by atoms with Gasteiger partial charge in [-0.3, -0.25) is 0 Å². The van der Waals surface area contributed by atoms with Gasteiger partial charge in [-0.15, -0.1) is 0 Å². The van der Waals surface area contributed by atoms with E-state index in [2.05, 4.69) is 46.3 Å². The molecular weight excluding hydrogens is 340 g/mol. The molecule has 4 aromatic rings. The van der Waals surface area contributed by atoms with Gasteiger partial charge in [-0.1, -0.05) is 48.5 Å². The van der Waals surface area contributed by atoms with Crippen LogP contribution >= 0.6 is 15.9 Å². The van der Waals surface area contributed by atoms with Crippen LogP contribution in [0.4, 0.5) is 0 Å². The van der Waals surface area contributed by atoms with Gasteiger partial charge in [0.2, 0.25) is 0 Å². The second-order valence-corrected chi connectivity index (χ2v) is 5.99. The lowest BCUT2D eigenvalue weighted by molar-refractivity contribution is 0.415. The SMILES string of the molecule is COc1cc(Br)c2oc3c(-c4ccccc4)cccc3c2c1. The highest BCUT2D eigenvalue weighted by molar-refractivity contribution is 9.10. The van der Waals surface area contributed by atoms with Gasteiger partial charge in [0.1, 0.15) is 16.9 Å². The van der Waals surface area contributed by atoms with Crippen molar-refractivity contribution >= 4 is 37.9 Å². The number of hydrogen-bond acceptors (Lipinski definition) is 2. The maximum Gasteiger partial charge on any atom is 0.149 e. The van der Waals surface area contributed by atoms with Crippen LogP contribution in [0.5, 0.6) is 5.75 Å². The van der Waals surface area contributed by atoms with Crippen LogP contribution in [0.2, 0.25) is 0 Å². The second-order valence-electron chi connectivity index (χ2n) is 5.14. The van der Waals surface area contributed by atoms with Crippen LogP contribution < -0.4 is 4.74 Å². The first-order valence-corrected chi connectivity index (χ1v) is 7.81. The van der Waals surface area contributed by atoms with Gasteiger partial charge in [-0.25, -0.2) is 0 Å². The summed E-state index contributed by atoms with van der Waals surface area (Å²) < 4.78 is 12.4. The smallest absolute Gasteiger partial charge is 0.149 e. The zero-order valence-electron chi connectivity index (χ0n) is 12.0. The van der Waals surface area contributed by atoms with Crippen LogP contribution in [-0.2, 0) is 0 Å². The molecule has 3 aromatic carbocycles. The normalized spacial score (nSPS) is 11.2. The van der Waals surface area contributed by atoms with E-state index in [0.717, 1.165) is 43.3 Å². The standard InChI is InChI=1S/C19H13BrO2/c1-21-13-10-16-15-9-5-8-14(12-6-3-2-4-7-12)18(15)22-19(16)17(20)11-13/h2-11H,1H3. The highest BCUT2D eigenvalue weighted by Gasteiger charge is 2.15. The average molecular weight is 353 g/mol. The summed E-state index contributed by atoms with van der Waals surface area (Å²) in [6.45, 7) is 0. The minimum Gasteiger partial charge on any atom is -0.497 e. The third-order valence-corrected chi connectivity index (χ3v) is 4.44. The number of furan rings is 1. The average Bonchev–Trinajstić information content (AvgIpc) is 2.95. The summed E-state index contributed by atoms with van der Waals surface area (Å²) >= 11 is 3.57. The molecule has 0 bridgehead atoms. The largest absolute Gasteiger partial charge is 0.497 e. The van der Waals surface area contributed by atoms with Crippen molar-refractivity contribution in [2.24, 2.45) is 0 Å². The first-order valence-electron chi connectivity index (χ1n) is 7.02. The Morgan fingerprint density at radius 2 is 1.68 bits per heavy atom. The maximum absolute atomic E-state index is 6.17. The lowest BCUT2D eigenvalue weighted by Crippen LogP contribution is -1.82. The fraction of sp³-hybridized carbons (Fsp3) is 0.0526. The molecule has 4 rings (SSSR count). The number of halogens is 1. The molecule has 0 N–H and O–H groups in total. The number of fused-ring (bicyclic) bond motifs is 3. The monoisotopic (exact) mass is 352 g/mol. The van der Waals surface area contributed by atoms with Crippen molar-refractivity contribution in [3.8, 4) is 16.9 Å². The Balaban J connectivity index is 2.10. The molecular formula is C19H13BrO2. The second kappa shape index (κ2) is 5.18. The molecule has 1 heterocycles. The molecule has 0 unspecified atom stereocenters. The first-order chi connectivity index (χ1) is 10.8. The predicted octanol–water partition coefficient (Wildman–Crippen LogP) is 6.02. The van der Waals surface area contributed by atoms with E-state index >= 15 is 0 Å². The molecule has 0 radical (unpaired) electrons. The number of para-hydroxylation sites is 1. The number of hydrogen-bond donors (Lipinski definition) is 0. The molecule has 1 aromatic heterocycles. The molecule has 3 heteroatoms. The third-order valence-electron chi connectivity index (χ3n) is 3.85. The van der Waals surface area contributed by atoms with Crippen LogP contribution in [0.25, 0.3) is 33.1 Å². The van der Waals surface area contributed by atoms with Gasteiger partial charge in [0.25, 0.3) is 0 Å². The van der Waals surface area contributed by atoms with Crippen molar-refractivity contribution in [2.75, 3.05) is 7.11 Å². The van der Waals surface area contributed by atoms with E-state index in [9.17, 15) is 0 Å². The molecule has 108 valence electrons. The van der Waals surface area contributed by atoms with Gasteiger partial charge in [0, 0.05) is 16.3 Å². The summed E-state index contributed by atoms with van der Waals surface area (Å²) in [6.07, 6.45) is 0. The summed E-state index contributed by atoms with van der Waals surface area (Å²) in [5.74, 6) is 0.812. The molecule has 0 aliphatic heterocycles. The molecule has 0 spiro atoms. The van der Waals surface area contributed by atoms with Crippen LogP contribution in [0.1, 0.15) is 0 Å². The molecule has 0 aliphatic carbocycles. The molecule has 0 saturated carbocycles. The van der Waals surface area contributed by atoms with Gasteiger partial charge in [-0.05, 0) is 33.6 Å². The lowest BCUT2D eigenvalue weighted by Gasteiger charge is -2.01. The molecule has 0 aliphatic rings. The van der Waals surface area contributed by atoms with Gasteiger partial charge in [0.15, 0.2) is 0 Å². The van der Waals surface area contributed by atoms with Crippen molar-refractivity contribution in [2.45, 2.75) is 0 Å². The van der Waals surface area contributed by atoms with Gasteiger partial charge < -0.3 is 9.15 Å². The topological polar surface area (TPSA) is 22.4 Å². The fourth-order valence-corrected chi connectivity index (χ4v) is 3.32. The minimum absolute atomic E-state index is 0.812. The predicted molar refractivity (Wildman–Crippen MR) is 93.4 cm³/mol. The summed E-state index contributed by atoms with van der Waals surface area (Å²) in [6, 6.07) is 20.5. The number of ether oxygens (including phenoxy) is 1. The number of benzene rings is 3. The summed E-state index contributed by atoms with van der Waals surface area (Å²) in [7, 11) is 1.67. The number of methoxy groups -OCH3 is 1. The Labute approximate surface area is 136 Å². The first kappa shape index (κ1) is 13.4. The van der Waals surface area contributed by atoms with Crippen molar-refractivity contribution in [3.63, 3.8) is 0 Å². The van der Waals surface area contributed by atoms with Gasteiger partial charge in [-0.2, -0.15) is 0 Å². The molecule has 0 amide bonds. The molecule has 0 atom stereocenters. The van der Waals surface area contributed by atoms with Crippen molar-refractivity contribution in [3.05, 3.63) is 65.1 Å². The maximum atomic E-state index is 6.17. The minimum atomic E-state index is 0.812. The van der Waals surface area contributed by atoms with Crippen LogP contribution in [-0.4, -0.2) is 7.11 Å². The van der Waals surface area contributed by atoms with E-state index in [1.165, 1.54) is 0 Å². The highest BCUT2D eigenvalue weighted by atomic mass is 79.9. The Morgan fingerprint density at radius 3 is 2.45 bits per heavy atom. The van der Waals surface area contributed by atoms with E-state index < -0.39 is 0 Å². The van der Waals surface area contributed by atoms with Crippen LogP contribution in [0, 0.1) is 0 Å². The van der Waals surface area contributed by atoms with E-state index in [0.29, 0.717) is 0 Å². The van der Waals surface area contributed by atoms with Crippen molar-refractivity contribution in [1.29, 1.82) is 0 Å². The zero-order valence-corrected chi connectivity index (χ0v) is 13.6. The van der Waals surface area contributed by atoms with E-state index in [-0.39, 0.29) is 0 Å². The molecule has 22 heavy (non-hydrogen) atoms. The van der Waals surface area contributed by atoms with E-state index in [4.69, 9.17) is 9.15 Å². The quantitative estimate of drug-likeness (QED) is 0.439. The van der Waals surface area contributed by atoms with Crippen LogP contribution in [0.15, 0.2) is 69.6 Å². The van der Waals surface area contributed by atoms with Crippen molar-refractivity contribution < 1.29 is 9.15 Å². The Hall–Kier alpha value is -2.26. The van der Waals surface area contributed by atoms with E-state index in [1.807, 2.05) is 30.3 Å². The Kier molecular flexibility index (Phi) is 3.16. The lowest BCUT2D eigenvalue weighted by atomic mass is 10.0. The van der Waals surface area contributed by atoms with E-state index in [1.54, 1.807) is 7.11 Å². The van der Waals surface area contributed by atoms with Gasteiger partial charge >= 0.3 is 0 Å². The summed E-state index contributed by atoms with van der Waals surface area (Å²) in [4.78, 5) is 0. The van der Waals surface area contributed by atoms with Gasteiger partial charge in [0.05, 0.1) is 11.6 Å². The Bertz CT molecular complexity index is 971. The molecule has 2 nitrogen and oxygen atoms in total. The molecule has 0 saturated heterocycles. The fourth-order valence-electron chi connectivity index (χ4n) is 2.80. The zero-order chi connectivity index (χ0) is 15.1. The Morgan fingerprint density at radius 1 is 0.864 bits per heavy atom. The summed E-state index contributed by atoms with van der Waals surface area (Å²) in [5, 5.41) is 2.15. The summed E-state index contributed by atoms with van der Waals surface area (Å²) in [5.41, 5.74) is 3.99. The molecule has 0 fully saturated rings. The van der Waals surface area contributed by atoms with Crippen LogP contribution in [0.3, 0.4) is 0 Å². The highest BCUT2D eigenvalue weighted by Crippen LogP contribution is 2.40.